The standard InChI is InChI=1S/C18H24N4O3/c1-14-3-4-17(15(2)11-14)5-7-20-8-9-21(18(20)19-22(23)24)12-16-6-10-25-13-16/h3-5,7,11,16H,6,8-10,12-13H2,1-2H3. The zero-order chi connectivity index (χ0) is 17.8. The summed E-state index contributed by atoms with van der Waals surface area (Å²) in [6.07, 6.45) is 4.89. The number of ether oxygens (including phenoxy) is 1. The molecule has 1 atom stereocenters. The van der Waals surface area contributed by atoms with E-state index in [9.17, 15) is 10.1 Å². The summed E-state index contributed by atoms with van der Waals surface area (Å²) >= 11 is 0. The maximum Gasteiger partial charge on any atom is 0.278 e. The number of hydrazone groups is 1. The number of hydrogen-bond donors (Lipinski definition) is 0. The van der Waals surface area contributed by atoms with Crippen LogP contribution < -0.4 is 0 Å². The van der Waals surface area contributed by atoms with Crippen LogP contribution in [-0.2, 0) is 4.74 Å². The zero-order valence-electron chi connectivity index (χ0n) is 14.7. The second kappa shape index (κ2) is 7.65. The first-order chi connectivity index (χ1) is 12.0. The SMILES string of the molecule is Cc1ccc(C=CN2CCN(CC3CCOC3)C2=N[N+](=O)[O-])c(C)c1. The predicted octanol–water partition coefficient (Wildman–Crippen LogP) is 2.48. The second-order valence-electron chi connectivity index (χ2n) is 6.68. The van der Waals surface area contributed by atoms with Gasteiger partial charge in [-0.05, 0) is 37.5 Å². The topological polar surface area (TPSA) is 71.2 Å². The van der Waals surface area contributed by atoms with Gasteiger partial charge in [-0.1, -0.05) is 23.8 Å². The number of benzene rings is 1. The highest BCUT2D eigenvalue weighted by molar-refractivity contribution is 5.83. The quantitative estimate of drug-likeness (QED) is 0.606. The van der Waals surface area contributed by atoms with Crippen LogP contribution >= 0.6 is 0 Å². The van der Waals surface area contributed by atoms with Gasteiger partial charge in [-0.3, -0.25) is 0 Å². The van der Waals surface area contributed by atoms with Gasteiger partial charge in [-0.25, -0.2) is 10.1 Å². The van der Waals surface area contributed by atoms with E-state index in [0.717, 1.165) is 38.3 Å². The third-order valence-electron chi connectivity index (χ3n) is 4.68. The van der Waals surface area contributed by atoms with E-state index in [1.165, 1.54) is 11.1 Å². The van der Waals surface area contributed by atoms with Crippen molar-refractivity contribution in [2.75, 3.05) is 32.8 Å². The van der Waals surface area contributed by atoms with Crippen LogP contribution in [0.2, 0.25) is 0 Å². The van der Waals surface area contributed by atoms with Gasteiger partial charge in [0, 0.05) is 38.4 Å². The number of rotatable bonds is 5. The molecular weight excluding hydrogens is 320 g/mol. The van der Waals surface area contributed by atoms with Gasteiger partial charge in [-0.2, -0.15) is 0 Å². The van der Waals surface area contributed by atoms with E-state index in [2.05, 4.69) is 37.1 Å². The fourth-order valence-electron chi connectivity index (χ4n) is 3.34. The molecule has 2 saturated heterocycles. The lowest BCUT2D eigenvalue weighted by Crippen LogP contribution is -2.35. The van der Waals surface area contributed by atoms with Crippen LogP contribution in [0.3, 0.4) is 0 Å². The Morgan fingerprint density at radius 1 is 1.40 bits per heavy atom. The molecule has 2 heterocycles. The molecule has 0 N–H and O–H groups in total. The molecule has 7 nitrogen and oxygen atoms in total. The van der Waals surface area contributed by atoms with E-state index >= 15 is 0 Å². The highest BCUT2D eigenvalue weighted by Crippen LogP contribution is 2.19. The molecule has 0 saturated carbocycles. The number of hydrogen-bond acceptors (Lipinski definition) is 3. The summed E-state index contributed by atoms with van der Waals surface area (Å²) in [6.45, 7) is 7.81. The van der Waals surface area contributed by atoms with Gasteiger partial charge in [0.05, 0.1) is 6.61 Å². The molecule has 2 fully saturated rings. The Hall–Kier alpha value is -2.41. The number of nitrogens with zero attached hydrogens (tertiary/aromatic N) is 4. The minimum Gasteiger partial charge on any atom is -0.381 e. The van der Waals surface area contributed by atoms with Gasteiger partial charge in [0.2, 0.25) is 0 Å². The molecule has 0 radical (unpaired) electrons. The minimum absolute atomic E-state index is 0.415. The van der Waals surface area contributed by atoms with Crippen molar-refractivity contribution >= 4 is 12.0 Å². The first kappa shape index (κ1) is 17.4. The highest BCUT2D eigenvalue weighted by atomic mass is 16.7. The summed E-state index contributed by atoms with van der Waals surface area (Å²) in [5.41, 5.74) is 3.51. The molecule has 0 spiro atoms. The summed E-state index contributed by atoms with van der Waals surface area (Å²) < 4.78 is 5.41. The summed E-state index contributed by atoms with van der Waals surface area (Å²) in [6, 6.07) is 6.26. The fraction of sp³-hybridized carbons (Fsp3) is 0.500. The number of aryl methyl sites for hydroxylation is 2. The molecule has 134 valence electrons. The third kappa shape index (κ3) is 4.36. The average Bonchev–Trinajstić information content (AvgIpc) is 3.18. The van der Waals surface area contributed by atoms with E-state index in [1.54, 1.807) is 0 Å². The Labute approximate surface area is 147 Å². The van der Waals surface area contributed by atoms with Crippen LogP contribution in [0.1, 0.15) is 23.1 Å². The van der Waals surface area contributed by atoms with E-state index in [0.29, 0.717) is 18.4 Å². The molecule has 1 aromatic rings. The molecule has 0 aliphatic carbocycles. The van der Waals surface area contributed by atoms with Crippen molar-refractivity contribution < 1.29 is 9.77 Å². The highest BCUT2D eigenvalue weighted by Gasteiger charge is 2.31. The number of guanidine groups is 1. The van der Waals surface area contributed by atoms with Crippen molar-refractivity contribution in [1.29, 1.82) is 0 Å². The van der Waals surface area contributed by atoms with Crippen molar-refractivity contribution in [3.05, 3.63) is 51.2 Å². The number of nitro groups is 1. The minimum atomic E-state index is -0.614. The van der Waals surface area contributed by atoms with Crippen LogP contribution in [0.4, 0.5) is 0 Å². The van der Waals surface area contributed by atoms with Crippen molar-refractivity contribution in [1.82, 2.24) is 9.80 Å². The summed E-state index contributed by atoms with van der Waals surface area (Å²) in [7, 11) is 0. The molecule has 7 heteroatoms. The molecule has 1 aromatic carbocycles. The zero-order valence-corrected chi connectivity index (χ0v) is 14.7. The summed E-state index contributed by atoms with van der Waals surface area (Å²) in [4.78, 5) is 14.8. The second-order valence-corrected chi connectivity index (χ2v) is 6.68. The fourth-order valence-corrected chi connectivity index (χ4v) is 3.34. The summed E-state index contributed by atoms with van der Waals surface area (Å²) in [5.74, 6) is 0.832. The lowest BCUT2D eigenvalue weighted by molar-refractivity contribution is -0.486. The molecule has 3 rings (SSSR count). The maximum atomic E-state index is 11.0. The van der Waals surface area contributed by atoms with Crippen LogP contribution in [0.5, 0.6) is 0 Å². The van der Waals surface area contributed by atoms with Crippen LogP contribution in [0, 0.1) is 29.9 Å². The molecule has 2 aliphatic heterocycles. The normalized spacial score (nSPS) is 22.5. The van der Waals surface area contributed by atoms with Gasteiger partial charge in [0.1, 0.15) is 5.10 Å². The third-order valence-corrected chi connectivity index (χ3v) is 4.68. The Kier molecular flexibility index (Phi) is 5.33. The predicted molar refractivity (Wildman–Crippen MR) is 96.6 cm³/mol. The monoisotopic (exact) mass is 344 g/mol. The van der Waals surface area contributed by atoms with Crippen LogP contribution in [0.25, 0.3) is 6.08 Å². The molecular formula is C18H24N4O3. The maximum absolute atomic E-state index is 11.0. The van der Waals surface area contributed by atoms with Crippen molar-refractivity contribution in [3.63, 3.8) is 0 Å². The van der Waals surface area contributed by atoms with Crippen LogP contribution in [0.15, 0.2) is 29.5 Å². The first-order valence-electron chi connectivity index (χ1n) is 8.60. The van der Waals surface area contributed by atoms with Gasteiger partial charge < -0.3 is 14.5 Å². The van der Waals surface area contributed by atoms with E-state index in [-0.39, 0.29) is 0 Å². The Balaban J connectivity index is 1.75. The summed E-state index contributed by atoms with van der Waals surface area (Å²) in [5, 5.41) is 14.0. The van der Waals surface area contributed by atoms with Gasteiger partial charge in [0.15, 0.2) is 5.03 Å². The molecule has 2 aliphatic rings. The Morgan fingerprint density at radius 3 is 2.92 bits per heavy atom. The van der Waals surface area contributed by atoms with Crippen molar-refractivity contribution in [2.45, 2.75) is 20.3 Å². The first-order valence-corrected chi connectivity index (χ1v) is 8.60. The molecule has 25 heavy (non-hydrogen) atoms. The van der Waals surface area contributed by atoms with E-state index in [4.69, 9.17) is 4.74 Å². The van der Waals surface area contributed by atoms with Gasteiger partial charge >= 0.3 is 0 Å². The smallest absolute Gasteiger partial charge is 0.278 e. The van der Waals surface area contributed by atoms with E-state index < -0.39 is 5.03 Å². The Morgan fingerprint density at radius 2 is 2.24 bits per heavy atom. The lowest BCUT2D eigenvalue weighted by atomic mass is 10.1. The van der Waals surface area contributed by atoms with Gasteiger partial charge in [-0.15, -0.1) is 0 Å². The molecule has 0 aromatic heterocycles. The van der Waals surface area contributed by atoms with Crippen molar-refractivity contribution in [3.8, 4) is 0 Å². The average molecular weight is 344 g/mol. The largest absolute Gasteiger partial charge is 0.381 e. The molecule has 0 amide bonds. The molecule has 0 bridgehead atoms. The van der Waals surface area contributed by atoms with E-state index in [1.807, 2.05) is 22.1 Å². The van der Waals surface area contributed by atoms with Crippen LogP contribution in [-0.4, -0.2) is 53.6 Å². The Bertz CT molecular complexity index is 696. The van der Waals surface area contributed by atoms with Crippen molar-refractivity contribution in [2.24, 2.45) is 11.0 Å². The molecule has 1 unspecified atom stereocenters. The van der Waals surface area contributed by atoms with Gasteiger partial charge in [0.25, 0.3) is 5.96 Å². The lowest BCUT2D eigenvalue weighted by Gasteiger charge is -2.21.